The lowest BCUT2D eigenvalue weighted by Gasteiger charge is -2.30. The molecule has 0 spiro atoms. The number of fused-ring (bicyclic) bond motifs is 1. The summed E-state index contributed by atoms with van der Waals surface area (Å²) in [4.78, 5) is 14.5. The van der Waals surface area contributed by atoms with E-state index in [4.69, 9.17) is 4.74 Å². The Hall–Kier alpha value is -1.90. The summed E-state index contributed by atoms with van der Waals surface area (Å²) >= 11 is 0. The fourth-order valence-electron chi connectivity index (χ4n) is 3.16. The van der Waals surface area contributed by atoms with Gasteiger partial charge in [0.2, 0.25) is 0 Å². The van der Waals surface area contributed by atoms with Crippen molar-refractivity contribution in [1.82, 2.24) is 0 Å². The smallest absolute Gasteiger partial charge is 0.271 e. The van der Waals surface area contributed by atoms with Gasteiger partial charge >= 0.3 is 0 Å². The van der Waals surface area contributed by atoms with Gasteiger partial charge in [0.25, 0.3) is 5.69 Å². The molecule has 0 saturated carbocycles. The Bertz CT molecular complexity index is 623. The van der Waals surface area contributed by atoms with Crippen LogP contribution in [0.5, 0.6) is 0 Å². The van der Waals surface area contributed by atoms with Crippen molar-refractivity contribution in [1.29, 1.82) is 0 Å². The van der Waals surface area contributed by atoms with E-state index >= 15 is 0 Å². The predicted octanol–water partition coefficient (Wildman–Crippen LogP) is 1.05. The maximum Gasteiger partial charge on any atom is 0.271 e. The number of nitrogens with zero attached hydrogens (tertiary/aromatic N) is 3. The minimum atomic E-state index is -1.07. The highest BCUT2D eigenvalue weighted by molar-refractivity contribution is 5.79. The van der Waals surface area contributed by atoms with Crippen LogP contribution in [0, 0.1) is 10.1 Å². The third kappa shape index (κ3) is 2.52. The average Bonchev–Trinajstić information content (AvgIpc) is 3.00. The van der Waals surface area contributed by atoms with Crippen molar-refractivity contribution in [3.63, 3.8) is 0 Å². The Balaban J connectivity index is 2.01. The molecular formula is C15H21N3O5. The van der Waals surface area contributed by atoms with Gasteiger partial charge in [-0.25, -0.2) is 0 Å². The first-order valence-corrected chi connectivity index (χ1v) is 7.64. The third-order valence-corrected chi connectivity index (χ3v) is 4.50. The van der Waals surface area contributed by atoms with Crippen molar-refractivity contribution in [2.75, 3.05) is 16.5 Å². The molecule has 4 atom stereocenters. The number of benzene rings is 1. The molecule has 23 heavy (non-hydrogen) atoms. The molecule has 0 aromatic heterocycles. The van der Waals surface area contributed by atoms with Gasteiger partial charge in [0.05, 0.1) is 29.1 Å². The summed E-state index contributed by atoms with van der Waals surface area (Å²) in [7, 11) is 0. The molecule has 1 aromatic rings. The lowest BCUT2D eigenvalue weighted by Crippen LogP contribution is -2.46. The van der Waals surface area contributed by atoms with Gasteiger partial charge < -0.3 is 24.7 Å². The second-order valence-corrected chi connectivity index (χ2v) is 6.32. The van der Waals surface area contributed by atoms with E-state index in [1.807, 2.05) is 13.8 Å². The summed E-state index contributed by atoms with van der Waals surface area (Å²) in [6.07, 6.45) is -3.27. The number of hydrogen-bond donors (Lipinski definition) is 2. The van der Waals surface area contributed by atoms with Crippen LogP contribution < -0.4 is 9.80 Å². The van der Waals surface area contributed by atoms with Crippen molar-refractivity contribution in [2.24, 2.45) is 0 Å². The van der Waals surface area contributed by atoms with Crippen LogP contribution in [-0.2, 0) is 4.74 Å². The number of anilines is 2. The number of nitro benzene ring substituents is 1. The molecule has 1 fully saturated rings. The topological polar surface area (TPSA) is 99.3 Å². The molecule has 8 heteroatoms. The van der Waals surface area contributed by atoms with Crippen LogP contribution in [0.25, 0.3) is 0 Å². The third-order valence-electron chi connectivity index (χ3n) is 4.50. The molecule has 1 saturated heterocycles. The lowest BCUT2D eigenvalue weighted by molar-refractivity contribution is -0.384. The Morgan fingerprint density at radius 2 is 2.00 bits per heavy atom. The first kappa shape index (κ1) is 16.0. The molecule has 2 aliphatic rings. The zero-order valence-corrected chi connectivity index (χ0v) is 13.3. The maximum atomic E-state index is 11.1. The monoisotopic (exact) mass is 323 g/mol. The van der Waals surface area contributed by atoms with Gasteiger partial charge in [0.1, 0.15) is 12.2 Å². The Morgan fingerprint density at radius 3 is 2.52 bits per heavy atom. The molecule has 0 aliphatic carbocycles. The number of aliphatic hydroxyl groups is 2. The molecule has 2 aliphatic heterocycles. The van der Waals surface area contributed by atoms with Gasteiger partial charge in [-0.15, -0.1) is 0 Å². The van der Waals surface area contributed by atoms with E-state index in [1.165, 1.54) is 12.1 Å². The number of aliphatic hydroxyl groups excluding tert-OH is 2. The molecular weight excluding hydrogens is 302 g/mol. The standard InChI is InChI=1S/C15H21N3O5/c1-8(2)16-7-17(15-14(20)13(19)9(3)23-15)12-6-10(18(21)22)4-5-11(12)16/h4-6,8-9,13-15,19-20H,7H2,1-3H3/t9-,13-,14-,15-/m1/s1. The first-order chi connectivity index (χ1) is 10.8. The molecule has 0 amide bonds. The van der Waals surface area contributed by atoms with E-state index in [2.05, 4.69) is 4.90 Å². The van der Waals surface area contributed by atoms with E-state index in [-0.39, 0.29) is 11.7 Å². The average molecular weight is 323 g/mol. The zero-order valence-electron chi connectivity index (χ0n) is 13.3. The summed E-state index contributed by atoms with van der Waals surface area (Å²) in [6.45, 7) is 6.18. The fourth-order valence-corrected chi connectivity index (χ4v) is 3.16. The molecule has 8 nitrogen and oxygen atoms in total. The van der Waals surface area contributed by atoms with Crippen LogP contribution in [0.1, 0.15) is 20.8 Å². The van der Waals surface area contributed by atoms with Crippen LogP contribution in [0.4, 0.5) is 17.1 Å². The number of non-ortho nitro benzene ring substituents is 1. The molecule has 0 bridgehead atoms. The number of hydrogen-bond acceptors (Lipinski definition) is 7. The normalized spacial score (nSPS) is 30.2. The molecule has 0 radical (unpaired) electrons. The van der Waals surface area contributed by atoms with Crippen molar-refractivity contribution in [2.45, 2.75) is 51.4 Å². The largest absolute Gasteiger partial charge is 0.388 e. The number of rotatable bonds is 3. The van der Waals surface area contributed by atoms with E-state index in [9.17, 15) is 20.3 Å². The van der Waals surface area contributed by atoms with Gasteiger partial charge in [-0.05, 0) is 26.8 Å². The summed E-state index contributed by atoms with van der Waals surface area (Å²) in [5.74, 6) is 0. The molecule has 1 aromatic carbocycles. The Morgan fingerprint density at radius 1 is 1.30 bits per heavy atom. The Labute approximate surface area is 134 Å². The van der Waals surface area contributed by atoms with Crippen LogP contribution in [-0.4, -0.2) is 52.4 Å². The summed E-state index contributed by atoms with van der Waals surface area (Å²) in [5.41, 5.74) is 1.48. The highest BCUT2D eigenvalue weighted by Crippen LogP contribution is 2.42. The number of nitro groups is 1. The summed E-state index contributed by atoms with van der Waals surface area (Å²) in [6, 6.07) is 4.86. The second-order valence-electron chi connectivity index (χ2n) is 6.32. The van der Waals surface area contributed by atoms with Crippen molar-refractivity contribution >= 4 is 17.1 Å². The minimum Gasteiger partial charge on any atom is -0.388 e. The highest BCUT2D eigenvalue weighted by Gasteiger charge is 2.46. The fraction of sp³-hybridized carbons (Fsp3) is 0.600. The quantitative estimate of drug-likeness (QED) is 0.633. The highest BCUT2D eigenvalue weighted by atomic mass is 16.6. The van der Waals surface area contributed by atoms with E-state index in [0.29, 0.717) is 12.4 Å². The lowest BCUT2D eigenvalue weighted by atomic mass is 10.1. The molecule has 0 unspecified atom stereocenters. The van der Waals surface area contributed by atoms with Crippen molar-refractivity contribution < 1.29 is 19.9 Å². The van der Waals surface area contributed by atoms with Gasteiger partial charge in [-0.2, -0.15) is 0 Å². The van der Waals surface area contributed by atoms with Crippen LogP contribution in [0.3, 0.4) is 0 Å². The minimum absolute atomic E-state index is 0.0135. The van der Waals surface area contributed by atoms with Crippen LogP contribution in [0.15, 0.2) is 18.2 Å². The molecule has 2 N–H and O–H groups in total. The van der Waals surface area contributed by atoms with E-state index in [1.54, 1.807) is 17.9 Å². The maximum absolute atomic E-state index is 11.1. The molecule has 126 valence electrons. The second kappa shape index (κ2) is 5.63. The first-order valence-electron chi connectivity index (χ1n) is 7.64. The van der Waals surface area contributed by atoms with Crippen LogP contribution >= 0.6 is 0 Å². The van der Waals surface area contributed by atoms with Gasteiger partial charge in [-0.1, -0.05) is 0 Å². The molecule has 2 heterocycles. The van der Waals surface area contributed by atoms with Crippen molar-refractivity contribution in [3.8, 4) is 0 Å². The van der Waals surface area contributed by atoms with Crippen LogP contribution in [0.2, 0.25) is 0 Å². The number of ether oxygens (including phenoxy) is 1. The molecule has 3 rings (SSSR count). The van der Waals surface area contributed by atoms with Gasteiger partial charge in [-0.3, -0.25) is 10.1 Å². The van der Waals surface area contributed by atoms with Crippen molar-refractivity contribution in [3.05, 3.63) is 28.3 Å². The van der Waals surface area contributed by atoms with E-state index in [0.717, 1.165) is 5.69 Å². The zero-order chi connectivity index (χ0) is 16.9. The SMILES string of the molecule is CC(C)N1CN([C@@H]2O[C@H](C)[C@@H](O)[C@H]2O)c2cc([N+](=O)[O-])ccc21. The van der Waals surface area contributed by atoms with Gasteiger partial charge in [0.15, 0.2) is 6.23 Å². The summed E-state index contributed by atoms with van der Waals surface area (Å²) < 4.78 is 5.68. The van der Waals surface area contributed by atoms with E-state index < -0.39 is 29.5 Å². The predicted molar refractivity (Wildman–Crippen MR) is 84.4 cm³/mol. The van der Waals surface area contributed by atoms with Gasteiger partial charge in [0, 0.05) is 18.2 Å². The summed E-state index contributed by atoms with van der Waals surface area (Å²) in [5, 5.41) is 31.3. The Kier molecular flexibility index (Phi) is 3.91.